The second kappa shape index (κ2) is 3.51. The van der Waals surface area contributed by atoms with Crippen LogP contribution in [0.5, 0.6) is 0 Å². The largest absolute Gasteiger partial charge is 0.481 e. The van der Waals surface area contributed by atoms with Crippen LogP contribution in [-0.2, 0) is 14.3 Å². The molecule has 0 saturated heterocycles. The highest BCUT2D eigenvalue weighted by Crippen LogP contribution is 2.55. The Kier molecular flexibility index (Phi) is 2.81. The summed E-state index contributed by atoms with van der Waals surface area (Å²) in [5.41, 5.74) is -1.08. The fourth-order valence-electron chi connectivity index (χ4n) is 1.61. The zero-order valence-corrected chi connectivity index (χ0v) is 9.66. The SMILES string of the molecule is CC(C)(C)OC(=O)[C@]1(C)C[C@H]1CC(=O)O. The van der Waals surface area contributed by atoms with Gasteiger partial charge in [0, 0.05) is 6.42 Å². The van der Waals surface area contributed by atoms with Gasteiger partial charge in [0.1, 0.15) is 5.60 Å². The van der Waals surface area contributed by atoms with Crippen LogP contribution in [0.2, 0.25) is 0 Å². The van der Waals surface area contributed by atoms with E-state index in [-0.39, 0.29) is 18.3 Å². The molecule has 86 valence electrons. The van der Waals surface area contributed by atoms with Gasteiger partial charge in [-0.1, -0.05) is 0 Å². The maximum atomic E-state index is 11.7. The van der Waals surface area contributed by atoms with E-state index in [0.717, 1.165) is 0 Å². The Hall–Kier alpha value is -1.06. The molecule has 0 aromatic carbocycles. The average molecular weight is 214 g/mol. The zero-order valence-electron chi connectivity index (χ0n) is 9.66. The van der Waals surface area contributed by atoms with Crippen molar-refractivity contribution in [3.63, 3.8) is 0 Å². The van der Waals surface area contributed by atoms with Crippen molar-refractivity contribution in [2.75, 3.05) is 0 Å². The van der Waals surface area contributed by atoms with E-state index in [1.165, 1.54) is 0 Å². The van der Waals surface area contributed by atoms with Gasteiger partial charge in [0.25, 0.3) is 0 Å². The Labute approximate surface area is 89.6 Å². The average Bonchev–Trinajstić information content (AvgIpc) is 2.57. The number of hydrogen-bond acceptors (Lipinski definition) is 3. The Morgan fingerprint density at radius 2 is 2.00 bits per heavy atom. The van der Waals surface area contributed by atoms with E-state index >= 15 is 0 Å². The summed E-state index contributed by atoms with van der Waals surface area (Å²) in [4.78, 5) is 22.2. The van der Waals surface area contributed by atoms with E-state index in [4.69, 9.17) is 9.84 Å². The predicted molar refractivity (Wildman–Crippen MR) is 54.3 cm³/mol. The van der Waals surface area contributed by atoms with Crippen LogP contribution in [0, 0.1) is 11.3 Å². The first-order chi connectivity index (χ1) is 6.65. The summed E-state index contributed by atoms with van der Waals surface area (Å²) in [7, 11) is 0. The molecule has 1 saturated carbocycles. The van der Waals surface area contributed by atoms with Crippen molar-refractivity contribution in [2.24, 2.45) is 11.3 Å². The maximum Gasteiger partial charge on any atom is 0.312 e. The van der Waals surface area contributed by atoms with Crippen LogP contribution in [0.1, 0.15) is 40.5 Å². The first kappa shape index (κ1) is 12.0. The number of carbonyl (C=O) groups excluding carboxylic acids is 1. The van der Waals surface area contributed by atoms with Crippen molar-refractivity contribution < 1.29 is 19.4 Å². The van der Waals surface area contributed by atoms with E-state index in [2.05, 4.69) is 0 Å². The van der Waals surface area contributed by atoms with Gasteiger partial charge >= 0.3 is 11.9 Å². The number of carboxylic acids is 1. The minimum atomic E-state index is -0.854. The van der Waals surface area contributed by atoms with Gasteiger partial charge in [0.2, 0.25) is 0 Å². The summed E-state index contributed by atoms with van der Waals surface area (Å²) in [5.74, 6) is -1.20. The van der Waals surface area contributed by atoms with Gasteiger partial charge in [-0.3, -0.25) is 9.59 Å². The van der Waals surface area contributed by atoms with Gasteiger partial charge in [0.05, 0.1) is 5.41 Å². The second-order valence-electron chi connectivity index (χ2n) is 5.42. The van der Waals surface area contributed by atoms with Gasteiger partial charge in [-0.05, 0) is 40.0 Å². The molecule has 0 aromatic heterocycles. The lowest BCUT2D eigenvalue weighted by atomic mass is 10.0. The lowest BCUT2D eigenvalue weighted by Crippen LogP contribution is -2.29. The molecule has 15 heavy (non-hydrogen) atoms. The van der Waals surface area contributed by atoms with Crippen LogP contribution in [0.15, 0.2) is 0 Å². The smallest absolute Gasteiger partial charge is 0.312 e. The highest BCUT2D eigenvalue weighted by atomic mass is 16.6. The number of carbonyl (C=O) groups is 2. The number of hydrogen-bond donors (Lipinski definition) is 1. The van der Waals surface area contributed by atoms with Crippen molar-refractivity contribution >= 4 is 11.9 Å². The molecule has 0 unspecified atom stereocenters. The maximum absolute atomic E-state index is 11.7. The molecule has 0 radical (unpaired) electrons. The Bertz CT molecular complexity index is 289. The highest BCUT2D eigenvalue weighted by molar-refractivity contribution is 5.82. The third-order valence-electron chi connectivity index (χ3n) is 2.70. The normalized spacial score (nSPS) is 29.7. The molecular formula is C11H18O4. The molecule has 0 aliphatic heterocycles. The van der Waals surface area contributed by atoms with Crippen molar-refractivity contribution in [3.05, 3.63) is 0 Å². The molecule has 1 aliphatic rings. The van der Waals surface area contributed by atoms with E-state index in [1.807, 2.05) is 20.8 Å². The Morgan fingerprint density at radius 3 is 2.40 bits per heavy atom. The van der Waals surface area contributed by atoms with Crippen LogP contribution in [-0.4, -0.2) is 22.6 Å². The standard InChI is InChI=1S/C11H18O4/c1-10(2,3)15-9(14)11(4)6-7(11)5-8(12)13/h7H,5-6H2,1-4H3,(H,12,13)/t7-,11-/m1/s1. The molecule has 1 N–H and O–H groups in total. The van der Waals surface area contributed by atoms with E-state index in [9.17, 15) is 9.59 Å². The Balaban J connectivity index is 2.52. The number of carboxylic acid groups (broad SMARTS) is 1. The number of esters is 1. The molecule has 4 heteroatoms. The van der Waals surface area contributed by atoms with E-state index in [0.29, 0.717) is 6.42 Å². The second-order valence-corrected chi connectivity index (χ2v) is 5.42. The van der Waals surface area contributed by atoms with Crippen LogP contribution >= 0.6 is 0 Å². The quantitative estimate of drug-likeness (QED) is 0.728. The topological polar surface area (TPSA) is 63.6 Å². The van der Waals surface area contributed by atoms with Crippen molar-refractivity contribution in [2.45, 2.75) is 46.1 Å². The lowest BCUT2D eigenvalue weighted by molar-refractivity contribution is -0.161. The van der Waals surface area contributed by atoms with E-state index < -0.39 is 17.0 Å². The lowest BCUT2D eigenvalue weighted by Gasteiger charge is -2.22. The number of rotatable bonds is 3. The van der Waals surface area contributed by atoms with E-state index in [1.54, 1.807) is 6.92 Å². The summed E-state index contributed by atoms with van der Waals surface area (Å²) < 4.78 is 5.24. The molecule has 0 bridgehead atoms. The molecule has 1 rings (SSSR count). The molecule has 2 atom stereocenters. The first-order valence-electron chi connectivity index (χ1n) is 5.10. The summed E-state index contributed by atoms with van der Waals surface area (Å²) in [6.45, 7) is 7.20. The Morgan fingerprint density at radius 1 is 1.47 bits per heavy atom. The molecule has 4 nitrogen and oxygen atoms in total. The van der Waals surface area contributed by atoms with Crippen molar-refractivity contribution in [1.82, 2.24) is 0 Å². The van der Waals surface area contributed by atoms with Gasteiger partial charge in [0.15, 0.2) is 0 Å². The number of aliphatic carboxylic acids is 1. The van der Waals surface area contributed by atoms with Crippen molar-refractivity contribution in [3.8, 4) is 0 Å². The minimum Gasteiger partial charge on any atom is -0.481 e. The fourth-order valence-corrected chi connectivity index (χ4v) is 1.61. The molecule has 1 fully saturated rings. The van der Waals surface area contributed by atoms with Crippen LogP contribution < -0.4 is 0 Å². The first-order valence-corrected chi connectivity index (χ1v) is 5.10. The van der Waals surface area contributed by atoms with Crippen LogP contribution in [0.25, 0.3) is 0 Å². The predicted octanol–water partition coefficient (Wildman–Crippen LogP) is 1.83. The number of ether oxygens (including phenoxy) is 1. The third-order valence-corrected chi connectivity index (χ3v) is 2.70. The summed E-state index contributed by atoms with van der Waals surface area (Å²) in [6, 6.07) is 0. The molecule has 0 heterocycles. The minimum absolute atomic E-state index is 0.0513. The van der Waals surface area contributed by atoms with Crippen LogP contribution in [0.3, 0.4) is 0 Å². The molecule has 0 aromatic rings. The molecule has 0 amide bonds. The van der Waals surface area contributed by atoms with Gasteiger partial charge in [-0.15, -0.1) is 0 Å². The van der Waals surface area contributed by atoms with Crippen LogP contribution in [0.4, 0.5) is 0 Å². The van der Waals surface area contributed by atoms with Gasteiger partial charge < -0.3 is 9.84 Å². The summed E-state index contributed by atoms with van der Waals surface area (Å²) in [6.07, 6.45) is 0.671. The van der Waals surface area contributed by atoms with Gasteiger partial charge in [-0.2, -0.15) is 0 Å². The molecular weight excluding hydrogens is 196 g/mol. The monoisotopic (exact) mass is 214 g/mol. The highest BCUT2D eigenvalue weighted by Gasteiger charge is 2.58. The molecule has 0 spiro atoms. The third kappa shape index (κ3) is 2.94. The molecule has 1 aliphatic carbocycles. The zero-order chi connectivity index (χ0) is 11.9. The van der Waals surface area contributed by atoms with Crippen molar-refractivity contribution in [1.29, 1.82) is 0 Å². The van der Waals surface area contributed by atoms with Gasteiger partial charge in [-0.25, -0.2) is 0 Å². The fraction of sp³-hybridized carbons (Fsp3) is 0.818. The summed E-state index contributed by atoms with van der Waals surface area (Å²) >= 11 is 0. The summed E-state index contributed by atoms with van der Waals surface area (Å²) in [5, 5.41) is 8.62.